The first-order valence-electron chi connectivity index (χ1n) is 11.0. The van der Waals surface area contributed by atoms with E-state index < -0.39 is 24.2 Å². The maximum absolute atomic E-state index is 11.7. The number of piperidine rings is 1. The van der Waals surface area contributed by atoms with E-state index in [-0.39, 0.29) is 12.0 Å². The Balaban J connectivity index is 1.65. The highest BCUT2D eigenvalue weighted by Gasteiger charge is 2.54. The molecular formula is C22H37NO4. The number of hydrogen-bond acceptors (Lipinski definition) is 4. The first-order chi connectivity index (χ1) is 13.0. The third-order valence-electron chi connectivity index (χ3n) is 7.33. The van der Waals surface area contributed by atoms with Gasteiger partial charge in [0.1, 0.15) is 6.04 Å². The van der Waals surface area contributed by atoms with E-state index in [0.29, 0.717) is 24.3 Å². The van der Waals surface area contributed by atoms with Gasteiger partial charge in [-0.1, -0.05) is 45.3 Å². The second-order valence-electron chi connectivity index (χ2n) is 8.98. The van der Waals surface area contributed by atoms with Crippen molar-refractivity contribution in [2.75, 3.05) is 0 Å². The van der Waals surface area contributed by atoms with Crippen molar-refractivity contribution in [1.82, 2.24) is 4.90 Å². The molecule has 0 aromatic rings. The van der Waals surface area contributed by atoms with Gasteiger partial charge in [-0.15, -0.1) is 0 Å². The quantitative estimate of drug-likeness (QED) is 0.564. The van der Waals surface area contributed by atoms with Crippen LogP contribution in [-0.4, -0.2) is 56.5 Å². The molecule has 2 aliphatic heterocycles. The van der Waals surface area contributed by atoms with E-state index in [1.165, 1.54) is 0 Å². The van der Waals surface area contributed by atoms with Crippen LogP contribution in [0.2, 0.25) is 0 Å². The molecule has 3 N–H and O–H groups in total. The summed E-state index contributed by atoms with van der Waals surface area (Å²) in [6.45, 7) is 4.36. The van der Waals surface area contributed by atoms with Gasteiger partial charge in [0.2, 0.25) is 0 Å². The van der Waals surface area contributed by atoms with Gasteiger partial charge in [-0.25, -0.2) is 0 Å². The third kappa shape index (κ3) is 4.41. The molecule has 3 unspecified atom stereocenters. The Morgan fingerprint density at radius 1 is 1.26 bits per heavy atom. The van der Waals surface area contributed by atoms with Crippen LogP contribution in [0.15, 0.2) is 12.2 Å². The van der Waals surface area contributed by atoms with Crippen molar-refractivity contribution in [3.63, 3.8) is 0 Å². The Kier molecular flexibility index (Phi) is 6.98. The van der Waals surface area contributed by atoms with Gasteiger partial charge in [0.25, 0.3) is 0 Å². The highest BCUT2D eigenvalue weighted by Crippen LogP contribution is 2.49. The predicted molar refractivity (Wildman–Crippen MR) is 105 cm³/mol. The molecule has 0 bridgehead atoms. The van der Waals surface area contributed by atoms with E-state index >= 15 is 0 Å². The van der Waals surface area contributed by atoms with Gasteiger partial charge in [-0.3, -0.25) is 9.69 Å². The van der Waals surface area contributed by atoms with Crippen LogP contribution in [0, 0.1) is 17.8 Å². The average Bonchev–Trinajstić information content (AvgIpc) is 3.13. The number of carbonyl (C=O) groups is 1. The number of aliphatic carboxylic acids is 1. The molecule has 154 valence electrons. The fraction of sp³-hybridized carbons (Fsp3) is 0.864. The monoisotopic (exact) mass is 379 g/mol. The summed E-state index contributed by atoms with van der Waals surface area (Å²) in [5.41, 5.74) is 0. The molecular weight excluding hydrogens is 342 g/mol. The molecule has 27 heavy (non-hydrogen) atoms. The Bertz CT molecular complexity index is 536. The minimum atomic E-state index is -0.717. The first kappa shape index (κ1) is 20.8. The Hall–Kier alpha value is -0.910. The van der Waals surface area contributed by atoms with Gasteiger partial charge in [-0.05, 0) is 50.4 Å². The topological polar surface area (TPSA) is 81.0 Å². The maximum atomic E-state index is 11.7. The number of nitrogens with zero attached hydrogens (tertiary/aromatic N) is 1. The summed E-state index contributed by atoms with van der Waals surface area (Å²) < 4.78 is 0. The average molecular weight is 380 g/mol. The van der Waals surface area contributed by atoms with Crippen LogP contribution in [0.4, 0.5) is 0 Å². The standard InChI is InChI=1S/C22H37NO4/c1-3-6-14(4-2)11-16(24)9-10-17-18-12-15-7-5-8-19(22(26)27)23(15)20(18)13-21(17)25/h9-10,14-21,24-25H,3-8,11-13H2,1-2H3,(H,26,27)/b10-9+/t14?,15?,16-,17+,18+,19?,20+,21+/m0/s1. The molecule has 1 saturated carbocycles. The molecule has 2 saturated heterocycles. The lowest BCUT2D eigenvalue weighted by Crippen LogP contribution is -2.51. The minimum absolute atomic E-state index is 0.0379. The van der Waals surface area contributed by atoms with Crippen LogP contribution >= 0.6 is 0 Å². The van der Waals surface area contributed by atoms with Gasteiger partial charge < -0.3 is 15.3 Å². The largest absolute Gasteiger partial charge is 0.480 e. The summed E-state index contributed by atoms with van der Waals surface area (Å²) in [4.78, 5) is 13.9. The zero-order valence-electron chi connectivity index (χ0n) is 16.8. The van der Waals surface area contributed by atoms with Crippen LogP contribution in [0.1, 0.15) is 71.6 Å². The van der Waals surface area contributed by atoms with Crippen molar-refractivity contribution in [1.29, 1.82) is 0 Å². The van der Waals surface area contributed by atoms with E-state index in [9.17, 15) is 20.1 Å². The Labute approximate surface area is 163 Å². The summed E-state index contributed by atoms with van der Waals surface area (Å²) in [7, 11) is 0. The third-order valence-corrected chi connectivity index (χ3v) is 7.33. The fourth-order valence-corrected chi connectivity index (χ4v) is 6.03. The number of fused-ring (bicyclic) bond motifs is 3. The molecule has 0 aromatic heterocycles. The van der Waals surface area contributed by atoms with Crippen molar-refractivity contribution in [3.8, 4) is 0 Å². The molecule has 0 aromatic carbocycles. The molecule has 3 fully saturated rings. The SMILES string of the molecule is CCCC(CC)C[C@@H](O)/C=C/[C@@H]1[C@H]2CC3CCCC(C(=O)O)N3[C@@H]2C[C@H]1O. The van der Waals surface area contributed by atoms with Gasteiger partial charge in [-0.2, -0.15) is 0 Å². The number of aliphatic hydroxyl groups is 2. The molecule has 5 nitrogen and oxygen atoms in total. The molecule has 1 aliphatic carbocycles. The van der Waals surface area contributed by atoms with Gasteiger partial charge >= 0.3 is 5.97 Å². The number of rotatable bonds is 8. The van der Waals surface area contributed by atoms with E-state index in [4.69, 9.17) is 0 Å². The normalized spacial score (nSPS) is 38.7. The molecule has 3 rings (SSSR count). The van der Waals surface area contributed by atoms with Crippen LogP contribution in [0.5, 0.6) is 0 Å². The fourth-order valence-electron chi connectivity index (χ4n) is 6.03. The van der Waals surface area contributed by atoms with Crippen LogP contribution in [0.3, 0.4) is 0 Å². The van der Waals surface area contributed by atoms with Crippen molar-refractivity contribution in [3.05, 3.63) is 12.2 Å². The smallest absolute Gasteiger partial charge is 0.320 e. The Morgan fingerprint density at radius 2 is 2.04 bits per heavy atom. The van der Waals surface area contributed by atoms with E-state index in [1.807, 2.05) is 12.2 Å². The second kappa shape index (κ2) is 9.06. The van der Waals surface area contributed by atoms with E-state index in [1.54, 1.807) is 0 Å². The first-order valence-corrected chi connectivity index (χ1v) is 11.0. The lowest BCUT2D eigenvalue weighted by Gasteiger charge is -2.38. The summed E-state index contributed by atoms with van der Waals surface area (Å²) in [6, 6.07) is 0.123. The molecule has 0 spiro atoms. The van der Waals surface area contributed by atoms with Crippen LogP contribution in [-0.2, 0) is 4.79 Å². The van der Waals surface area contributed by atoms with E-state index in [0.717, 1.165) is 51.4 Å². The molecule has 8 atom stereocenters. The number of aliphatic hydroxyl groups excluding tert-OH is 2. The van der Waals surface area contributed by atoms with Gasteiger partial charge in [0.15, 0.2) is 0 Å². The summed E-state index contributed by atoms with van der Waals surface area (Å²) >= 11 is 0. The van der Waals surface area contributed by atoms with Gasteiger partial charge in [0.05, 0.1) is 12.2 Å². The number of carboxylic acid groups (broad SMARTS) is 1. The second-order valence-corrected chi connectivity index (χ2v) is 8.98. The van der Waals surface area contributed by atoms with Crippen LogP contribution < -0.4 is 0 Å². The lowest BCUT2D eigenvalue weighted by atomic mass is 9.88. The van der Waals surface area contributed by atoms with Crippen molar-refractivity contribution in [2.24, 2.45) is 17.8 Å². The maximum Gasteiger partial charge on any atom is 0.320 e. The van der Waals surface area contributed by atoms with Crippen molar-refractivity contribution >= 4 is 5.97 Å². The van der Waals surface area contributed by atoms with E-state index in [2.05, 4.69) is 18.7 Å². The molecule has 5 heteroatoms. The molecule has 2 heterocycles. The zero-order valence-corrected chi connectivity index (χ0v) is 16.8. The highest BCUT2D eigenvalue weighted by molar-refractivity contribution is 5.73. The predicted octanol–water partition coefficient (Wildman–Crippen LogP) is 3.20. The highest BCUT2D eigenvalue weighted by atomic mass is 16.4. The van der Waals surface area contributed by atoms with Crippen molar-refractivity contribution < 1.29 is 20.1 Å². The number of carboxylic acids is 1. The van der Waals surface area contributed by atoms with Crippen LogP contribution in [0.25, 0.3) is 0 Å². The number of hydrogen-bond donors (Lipinski definition) is 3. The minimum Gasteiger partial charge on any atom is -0.480 e. The summed E-state index contributed by atoms with van der Waals surface area (Å²) in [5.74, 6) is 0.181. The summed E-state index contributed by atoms with van der Waals surface area (Å²) in [5, 5.41) is 30.7. The van der Waals surface area contributed by atoms with Gasteiger partial charge in [0, 0.05) is 18.0 Å². The van der Waals surface area contributed by atoms with Crippen molar-refractivity contribution in [2.45, 2.75) is 102 Å². The molecule has 0 amide bonds. The zero-order chi connectivity index (χ0) is 19.6. The Morgan fingerprint density at radius 3 is 2.70 bits per heavy atom. The molecule has 3 aliphatic rings. The molecule has 0 radical (unpaired) electrons. The summed E-state index contributed by atoms with van der Waals surface area (Å²) in [6.07, 6.45) is 11.6. The lowest BCUT2D eigenvalue weighted by molar-refractivity contribution is -0.146.